The first-order valence-electron chi connectivity index (χ1n) is 4.99. The van der Waals surface area contributed by atoms with Crippen LogP contribution in [-0.2, 0) is 0 Å². The molecule has 0 radical (unpaired) electrons. The van der Waals surface area contributed by atoms with Crippen molar-refractivity contribution in [1.82, 2.24) is 9.97 Å². The molecule has 1 amide bonds. The highest BCUT2D eigenvalue weighted by Crippen LogP contribution is 2.15. The second-order valence-corrected chi connectivity index (χ2v) is 3.46. The van der Waals surface area contributed by atoms with Crippen molar-refractivity contribution in [2.45, 2.75) is 0 Å². The number of aromatic carboxylic acids is 1. The Morgan fingerprint density at radius 2 is 1.94 bits per heavy atom. The van der Waals surface area contributed by atoms with Gasteiger partial charge < -0.3 is 20.4 Å². The number of hydrogen-bond acceptors (Lipinski definition) is 3. The van der Waals surface area contributed by atoms with E-state index >= 15 is 0 Å². The molecule has 0 saturated carbocycles. The molecular formula is C11H9N3O4. The lowest BCUT2D eigenvalue weighted by atomic mass is 10.2. The highest BCUT2D eigenvalue weighted by atomic mass is 16.4. The minimum absolute atomic E-state index is 0.0243. The normalized spacial score (nSPS) is 10.0. The minimum Gasteiger partial charge on any atom is -0.478 e. The predicted octanol–water partition coefficient (Wildman–Crippen LogP) is 0.653. The van der Waals surface area contributed by atoms with E-state index in [-0.39, 0.29) is 16.9 Å². The van der Waals surface area contributed by atoms with Crippen LogP contribution in [0, 0.1) is 0 Å². The molecule has 0 saturated heterocycles. The maximum Gasteiger partial charge on any atom is 0.337 e. The topological polar surface area (TPSA) is 115 Å². The zero-order valence-electron chi connectivity index (χ0n) is 9.06. The van der Waals surface area contributed by atoms with Gasteiger partial charge in [0.15, 0.2) is 0 Å². The van der Waals surface area contributed by atoms with Crippen LogP contribution in [0.25, 0.3) is 0 Å². The molecule has 92 valence electrons. The van der Waals surface area contributed by atoms with Gasteiger partial charge in [-0.15, -0.1) is 0 Å². The van der Waals surface area contributed by atoms with Gasteiger partial charge in [-0.1, -0.05) is 12.1 Å². The number of para-hydroxylation sites is 1. The Morgan fingerprint density at radius 1 is 1.22 bits per heavy atom. The van der Waals surface area contributed by atoms with E-state index in [1.165, 1.54) is 18.3 Å². The monoisotopic (exact) mass is 247 g/mol. The number of anilines is 1. The molecule has 4 N–H and O–H groups in total. The summed E-state index contributed by atoms with van der Waals surface area (Å²) in [5.74, 6) is -1.74. The number of carboxylic acids is 1. The van der Waals surface area contributed by atoms with Gasteiger partial charge in [-0.05, 0) is 12.1 Å². The zero-order valence-corrected chi connectivity index (χ0v) is 9.06. The average Bonchev–Trinajstić information content (AvgIpc) is 2.76. The quantitative estimate of drug-likeness (QED) is 0.637. The van der Waals surface area contributed by atoms with E-state index in [9.17, 15) is 14.4 Å². The fourth-order valence-corrected chi connectivity index (χ4v) is 1.42. The van der Waals surface area contributed by atoms with E-state index in [0.717, 1.165) is 0 Å². The molecule has 1 aromatic carbocycles. The first-order valence-corrected chi connectivity index (χ1v) is 4.99. The number of rotatable bonds is 3. The fourth-order valence-electron chi connectivity index (χ4n) is 1.42. The number of amides is 1. The lowest BCUT2D eigenvalue weighted by molar-refractivity contribution is 0.0698. The molecule has 0 fully saturated rings. The van der Waals surface area contributed by atoms with Crippen LogP contribution < -0.4 is 11.0 Å². The summed E-state index contributed by atoms with van der Waals surface area (Å²) in [6, 6.07) is 5.99. The summed E-state index contributed by atoms with van der Waals surface area (Å²) in [6.07, 6.45) is 1.21. The SMILES string of the molecule is O=C(Nc1ccccc1C(=O)O)c1c[nH]c(=O)[nH]1. The van der Waals surface area contributed by atoms with E-state index in [2.05, 4.69) is 15.3 Å². The number of carbonyl (C=O) groups is 2. The van der Waals surface area contributed by atoms with E-state index < -0.39 is 17.6 Å². The third-order valence-corrected chi connectivity index (χ3v) is 2.25. The molecule has 1 heterocycles. The number of imidazole rings is 1. The van der Waals surface area contributed by atoms with Gasteiger partial charge in [0.25, 0.3) is 5.91 Å². The van der Waals surface area contributed by atoms with Crippen LogP contribution in [0.4, 0.5) is 5.69 Å². The first-order chi connectivity index (χ1) is 8.58. The van der Waals surface area contributed by atoms with Crippen molar-refractivity contribution in [2.75, 3.05) is 5.32 Å². The number of nitrogens with one attached hydrogen (secondary N) is 3. The molecule has 1 aromatic heterocycles. The summed E-state index contributed by atoms with van der Waals surface area (Å²) in [5, 5.41) is 11.3. The van der Waals surface area contributed by atoms with E-state index in [1.54, 1.807) is 12.1 Å². The predicted molar refractivity (Wildman–Crippen MR) is 62.8 cm³/mol. The smallest absolute Gasteiger partial charge is 0.337 e. The van der Waals surface area contributed by atoms with Crippen molar-refractivity contribution < 1.29 is 14.7 Å². The van der Waals surface area contributed by atoms with Crippen LogP contribution in [0.1, 0.15) is 20.8 Å². The summed E-state index contributed by atoms with van der Waals surface area (Å²) in [7, 11) is 0. The zero-order chi connectivity index (χ0) is 13.1. The molecule has 0 unspecified atom stereocenters. The molecule has 0 bridgehead atoms. The Balaban J connectivity index is 2.27. The third kappa shape index (κ3) is 2.29. The molecule has 0 aliphatic carbocycles. The number of H-pyrrole nitrogens is 2. The summed E-state index contributed by atoms with van der Waals surface area (Å²) >= 11 is 0. The Labute approximate surface area is 100 Å². The van der Waals surface area contributed by atoms with Crippen LogP contribution in [0.2, 0.25) is 0 Å². The highest BCUT2D eigenvalue weighted by Gasteiger charge is 2.13. The second-order valence-electron chi connectivity index (χ2n) is 3.46. The largest absolute Gasteiger partial charge is 0.478 e. The van der Waals surface area contributed by atoms with Crippen molar-refractivity contribution in [3.63, 3.8) is 0 Å². The summed E-state index contributed by atoms with van der Waals surface area (Å²) in [6.45, 7) is 0. The molecule has 0 spiro atoms. The van der Waals surface area contributed by atoms with Gasteiger partial charge in [-0.2, -0.15) is 0 Å². The molecule has 7 nitrogen and oxygen atoms in total. The minimum atomic E-state index is -1.14. The lowest BCUT2D eigenvalue weighted by Gasteiger charge is -2.06. The van der Waals surface area contributed by atoms with Crippen LogP contribution in [0.3, 0.4) is 0 Å². The van der Waals surface area contributed by atoms with Crippen molar-refractivity contribution in [3.8, 4) is 0 Å². The molecule has 2 rings (SSSR count). The molecule has 0 aliphatic rings. The van der Waals surface area contributed by atoms with Crippen molar-refractivity contribution >= 4 is 17.6 Å². The first kappa shape index (κ1) is 11.6. The standard InChI is InChI=1S/C11H9N3O4/c15-9(8-5-12-11(18)14-8)13-7-4-2-1-3-6(7)10(16)17/h1-5H,(H,13,15)(H,16,17)(H2,12,14,18). The summed E-state index contributed by atoms with van der Waals surface area (Å²) in [4.78, 5) is 38.0. The van der Waals surface area contributed by atoms with Crippen LogP contribution >= 0.6 is 0 Å². The van der Waals surface area contributed by atoms with Crippen molar-refractivity contribution in [1.29, 1.82) is 0 Å². The van der Waals surface area contributed by atoms with Crippen molar-refractivity contribution in [3.05, 3.63) is 52.2 Å². The number of carboxylic acid groups (broad SMARTS) is 1. The number of hydrogen-bond donors (Lipinski definition) is 4. The van der Waals surface area contributed by atoms with E-state index in [4.69, 9.17) is 5.11 Å². The van der Waals surface area contributed by atoms with Crippen LogP contribution in [0.5, 0.6) is 0 Å². The fraction of sp³-hybridized carbons (Fsp3) is 0. The van der Waals surface area contributed by atoms with Gasteiger partial charge in [-0.25, -0.2) is 9.59 Å². The molecule has 0 atom stereocenters. The van der Waals surface area contributed by atoms with E-state index in [0.29, 0.717) is 0 Å². The van der Waals surface area contributed by atoms with Crippen LogP contribution in [-0.4, -0.2) is 27.0 Å². The number of benzene rings is 1. The Hall–Kier alpha value is -2.83. The van der Waals surface area contributed by atoms with E-state index in [1.807, 2.05) is 0 Å². The van der Waals surface area contributed by atoms with Gasteiger partial charge in [0.05, 0.1) is 11.3 Å². The molecular weight excluding hydrogens is 238 g/mol. The molecule has 0 aliphatic heterocycles. The summed E-state index contributed by atoms with van der Waals surface area (Å²) < 4.78 is 0. The van der Waals surface area contributed by atoms with Crippen molar-refractivity contribution in [2.24, 2.45) is 0 Å². The number of aromatic nitrogens is 2. The Kier molecular flexibility index (Phi) is 2.96. The number of carbonyl (C=O) groups excluding carboxylic acids is 1. The maximum absolute atomic E-state index is 11.7. The molecule has 2 aromatic rings. The average molecular weight is 247 g/mol. The lowest BCUT2D eigenvalue weighted by Crippen LogP contribution is -2.16. The van der Waals surface area contributed by atoms with Gasteiger partial charge >= 0.3 is 11.7 Å². The Morgan fingerprint density at radius 3 is 2.56 bits per heavy atom. The second kappa shape index (κ2) is 4.58. The van der Waals surface area contributed by atoms with Gasteiger partial charge in [-0.3, -0.25) is 4.79 Å². The highest BCUT2D eigenvalue weighted by molar-refractivity contribution is 6.06. The van der Waals surface area contributed by atoms with Gasteiger partial charge in [0, 0.05) is 6.20 Å². The third-order valence-electron chi connectivity index (χ3n) is 2.25. The summed E-state index contributed by atoms with van der Waals surface area (Å²) in [5.41, 5.74) is -0.340. The van der Waals surface area contributed by atoms with Gasteiger partial charge in [0.2, 0.25) is 0 Å². The Bertz CT molecular complexity index is 656. The maximum atomic E-state index is 11.7. The van der Waals surface area contributed by atoms with Crippen LogP contribution in [0.15, 0.2) is 35.3 Å². The molecule has 7 heteroatoms. The van der Waals surface area contributed by atoms with Gasteiger partial charge in [0.1, 0.15) is 5.69 Å². The number of aromatic amines is 2. The molecule has 18 heavy (non-hydrogen) atoms.